The summed E-state index contributed by atoms with van der Waals surface area (Å²) in [5.41, 5.74) is 0.941. The van der Waals surface area contributed by atoms with E-state index < -0.39 is 6.04 Å². The molecule has 2 amide bonds. The second kappa shape index (κ2) is 9.33. The summed E-state index contributed by atoms with van der Waals surface area (Å²) in [6.45, 7) is 3.65. The SMILES string of the molecule is CC(=O)NC(CCC(=O)C=N)C(=O)N1CCN(c2ccccc2Cl)CC1. The third-order valence-electron chi connectivity index (χ3n) is 4.30. The first kappa shape index (κ1) is 19.9. The van der Waals surface area contributed by atoms with Gasteiger partial charge in [0.05, 0.1) is 16.9 Å². The molecular formula is C18H23ClN4O3. The number of para-hydroxylation sites is 1. The van der Waals surface area contributed by atoms with E-state index >= 15 is 0 Å². The molecule has 0 aromatic heterocycles. The Morgan fingerprint density at radius 1 is 1.23 bits per heavy atom. The fourth-order valence-corrected chi connectivity index (χ4v) is 3.21. The van der Waals surface area contributed by atoms with Gasteiger partial charge in [-0.05, 0) is 18.6 Å². The Hall–Kier alpha value is -2.41. The van der Waals surface area contributed by atoms with Crippen LogP contribution in [0.15, 0.2) is 24.3 Å². The summed E-state index contributed by atoms with van der Waals surface area (Å²) >= 11 is 6.23. The molecule has 1 aromatic rings. The third-order valence-corrected chi connectivity index (χ3v) is 4.62. The van der Waals surface area contributed by atoms with Crippen LogP contribution >= 0.6 is 11.6 Å². The summed E-state index contributed by atoms with van der Waals surface area (Å²) in [6, 6.07) is 6.83. The number of hydrogen-bond acceptors (Lipinski definition) is 5. The topological polar surface area (TPSA) is 93.6 Å². The molecule has 2 rings (SSSR count). The molecule has 1 saturated heterocycles. The van der Waals surface area contributed by atoms with Crippen LogP contribution in [0.5, 0.6) is 0 Å². The molecule has 0 saturated carbocycles. The molecule has 0 spiro atoms. The van der Waals surface area contributed by atoms with E-state index in [0.29, 0.717) is 31.2 Å². The molecule has 0 radical (unpaired) electrons. The lowest BCUT2D eigenvalue weighted by Crippen LogP contribution is -2.55. The summed E-state index contributed by atoms with van der Waals surface area (Å²) in [7, 11) is 0. The summed E-state index contributed by atoms with van der Waals surface area (Å²) in [5, 5.41) is 10.2. The normalized spacial score (nSPS) is 15.3. The van der Waals surface area contributed by atoms with E-state index in [1.807, 2.05) is 24.3 Å². The van der Waals surface area contributed by atoms with Crippen LogP contribution in [0.3, 0.4) is 0 Å². The first-order chi connectivity index (χ1) is 12.4. The molecule has 1 atom stereocenters. The Morgan fingerprint density at radius 2 is 1.88 bits per heavy atom. The van der Waals surface area contributed by atoms with E-state index in [1.54, 1.807) is 4.90 Å². The highest BCUT2D eigenvalue weighted by Gasteiger charge is 2.28. The predicted molar refractivity (Wildman–Crippen MR) is 101 cm³/mol. The van der Waals surface area contributed by atoms with Crippen molar-refractivity contribution < 1.29 is 14.4 Å². The third kappa shape index (κ3) is 5.29. The highest BCUT2D eigenvalue weighted by molar-refractivity contribution is 6.33. The van der Waals surface area contributed by atoms with E-state index in [9.17, 15) is 14.4 Å². The van der Waals surface area contributed by atoms with Gasteiger partial charge in [0.15, 0.2) is 5.78 Å². The number of rotatable bonds is 7. The first-order valence-corrected chi connectivity index (χ1v) is 8.89. The average molecular weight is 379 g/mol. The molecule has 8 heteroatoms. The van der Waals surface area contributed by atoms with Crippen LogP contribution in [-0.4, -0.2) is 60.9 Å². The Kier molecular flexibility index (Phi) is 7.15. The van der Waals surface area contributed by atoms with Gasteiger partial charge in [0.2, 0.25) is 11.8 Å². The molecule has 2 N–H and O–H groups in total. The van der Waals surface area contributed by atoms with Crippen molar-refractivity contribution in [2.45, 2.75) is 25.8 Å². The fourth-order valence-electron chi connectivity index (χ4n) is 2.96. The smallest absolute Gasteiger partial charge is 0.245 e. The van der Waals surface area contributed by atoms with E-state index in [1.165, 1.54) is 6.92 Å². The maximum Gasteiger partial charge on any atom is 0.245 e. The Morgan fingerprint density at radius 3 is 2.46 bits per heavy atom. The number of hydrogen-bond donors (Lipinski definition) is 2. The number of anilines is 1. The minimum absolute atomic E-state index is 0.0553. The number of halogens is 1. The monoisotopic (exact) mass is 378 g/mol. The largest absolute Gasteiger partial charge is 0.367 e. The number of piperazine rings is 1. The highest BCUT2D eigenvalue weighted by atomic mass is 35.5. The van der Waals surface area contributed by atoms with E-state index in [2.05, 4.69) is 10.2 Å². The number of ketones is 1. The van der Waals surface area contributed by atoms with Crippen LogP contribution in [0, 0.1) is 5.41 Å². The van der Waals surface area contributed by atoms with E-state index in [4.69, 9.17) is 17.0 Å². The van der Waals surface area contributed by atoms with Crippen molar-refractivity contribution in [3.63, 3.8) is 0 Å². The molecule has 0 aliphatic carbocycles. The number of Topliss-reactive ketones (excluding diaryl/α,β-unsaturated/α-hetero) is 1. The van der Waals surface area contributed by atoms with Crippen LogP contribution < -0.4 is 10.2 Å². The lowest BCUT2D eigenvalue weighted by molar-refractivity contribution is -0.136. The highest BCUT2D eigenvalue weighted by Crippen LogP contribution is 2.26. The summed E-state index contributed by atoms with van der Waals surface area (Å²) in [5.74, 6) is -0.881. The maximum absolute atomic E-state index is 12.7. The predicted octanol–water partition coefficient (Wildman–Crippen LogP) is 1.49. The van der Waals surface area contributed by atoms with Gasteiger partial charge < -0.3 is 20.5 Å². The van der Waals surface area contributed by atoms with Gasteiger partial charge >= 0.3 is 0 Å². The number of nitrogens with one attached hydrogen (secondary N) is 2. The molecule has 1 heterocycles. The van der Waals surface area contributed by atoms with Gasteiger partial charge in [0, 0.05) is 39.5 Å². The van der Waals surface area contributed by atoms with Crippen LogP contribution in [0.2, 0.25) is 5.02 Å². The number of carbonyl (C=O) groups excluding carboxylic acids is 3. The zero-order valence-electron chi connectivity index (χ0n) is 14.7. The molecular weight excluding hydrogens is 356 g/mol. The number of amides is 2. The zero-order chi connectivity index (χ0) is 19.1. The van der Waals surface area contributed by atoms with Crippen molar-refractivity contribution in [3.8, 4) is 0 Å². The van der Waals surface area contributed by atoms with Crippen LogP contribution in [0.1, 0.15) is 19.8 Å². The van der Waals surface area contributed by atoms with Crippen molar-refractivity contribution >= 4 is 41.1 Å². The quantitative estimate of drug-likeness (QED) is 0.703. The van der Waals surface area contributed by atoms with Crippen molar-refractivity contribution in [1.82, 2.24) is 10.2 Å². The van der Waals surface area contributed by atoms with Gasteiger partial charge in [-0.2, -0.15) is 0 Å². The van der Waals surface area contributed by atoms with Crippen LogP contribution in [0.25, 0.3) is 0 Å². The van der Waals surface area contributed by atoms with Gasteiger partial charge in [-0.3, -0.25) is 14.4 Å². The minimum atomic E-state index is -0.747. The molecule has 140 valence electrons. The number of benzene rings is 1. The standard InChI is InChI=1S/C18H23ClN4O3/c1-13(24)21-16(7-6-14(25)12-20)18(26)23-10-8-22(9-11-23)17-5-3-2-4-15(17)19/h2-5,12,16,20H,6-11H2,1H3,(H,21,24). The molecule has 1 aromatic carbocycles. The maximum atomic E-state index is 12.7. The van der Waals surface area contributed by atoms with E-state index in [0.717, 1.165) is 11.9 Å². The van der Waals surface area contributed by atoms with Gasteiger partial charge in [-0.1, -0.05) is 23.7 Å². The Bertz CT molecular complexity index is 687. The van der Waals surface area contributed by atoms with Gasteiger partial charge in [0.25, 0.3) is 0 Å². The van der Waals surface area contributed by atoms with E-state index in [-0.39, 0.29) is 30.4 Å². The van der Waals surface area contributed by atoms with Gasteiger partial charge in [-0.25, -0.2) is 0 Å². The molecule has 1 aliphatic rings. The molecule has 1 fully saturated rings. The minimum Gasteiger partial charge on any atom is -0.367 e. The summed E-state index contributed by atoms with van der Waals surface area (Å²) in [6.07, 6.45) is 0.981. The molecule has 0 bridgehead atoms. The average Bonchev–Trinajstić information content (AvgIpc) is 2.64. The molecule has 26 heavy (non-hydrogen) atoms. The van der Waals surface area contributed by atoms with Crippen molar-refractivity contribution in [3.05, 3.63) is 29.3 Å². The molecule has 1 unspecified atom stereocenters. The molecule has 7 nitrogen and oxygen atoms in total. The molecule has 1 aliphatic heterocycles. The second-order valence-electron chi connectivity index (χ2n) is 6.17. The Labute approximate surface area is 157 Å². The van der Waals surface area contributed by atoms with Crippen molar-refractivity contribution in [2.24, 2.45) is 0 Å². The van der Waals surface area contributed by atoms with Crippen LogP contribution in [0.4, 0.5) is 5.69 Å². The summed E-state index contributed by atoms with van der Waals surface area (Å²) < 4.78 is 0. The van der Waals surface area contributed by atoms with Crippen molar-refractivity contribution in [2.75, 3.05) is 31.1 Å². The van der Waals surface area contributed by atoms with Crippen molar-refractivity contribution in [1.29, 1.82) is 5.41 Å². The number of nitrogens with zero attached hydrogens (tertiary/aromatic N) is 2. The van der Waals surface area contributed by atoms with Crippen LogP contribution in [-0.2, 0) is 14.4 Å². The van der Waals surface area contributed by atoms with Gasteiger partial charge in [0.1, 0.15) is 6.04 Å². The lowest BCUT2D eigenvalue weighted by atomic mass is 10.1. The summed E-state index contributed by atoms with van der Waals surface area (Å²) in [4.78, 5) is 39.3. The Balaban J connectivity index is 1.97. The number of carbonyl (C=O) groups is 3. The zero-order valence-corrected chi connectivity index (χ0v) is 15.5. The fraction of sp³-hybridized carbons (Fsp3) is 0.444. The second-order valence-corrected chi connectivity index (χ2v) is 6.57. The lowest BCUT2D eigenvalue weighted by Gasteiger charge is -2.38. The van der Waals surface area contributed by atoms with Gasteiger partial charge in [-0.15, -0.1) is 0 Å². The first-order valence-electron chi connectivity index (χ1n) is 8.51.